The summed E-state index contributed by atoms with van der Waals surface area (Å²) >= 11 is 1.52. The van der Waals surface area contributed by atoms with Crippen LogP contribution in [0.15, 0.2) is 29.3 Å². The van der Waals surface area contributed by atoms with Gasteiger partial charge in [0, 0.05) is 26.4 Å². The predicted molar refractivity (Wildman–Crippen MR) is 109 cm³/mol. The van der Waals surface area contributed by atoms with Crippen molar-refractivity contribution in [3.63, 3.8) is 0 Å². The van der Waals surface area contributed by atoms with Crippen molar-refractivity contribution in [3.8, 4) is 12.1 Å². The van der Waals surface area contributed by atoms with E-state index in [0.717, 1.165) is 16.7 Å². The normalized spacial score (nSPS) is 9.77. The number of benzene rings is 1. The Morgan fingerprint density at radius 3 is 2.12 bits per heavy atom. The lowest BCUT2D eigenvalue weighted by molar-refractivity contribution is 0.964. The van der Waals surface area contributed by atoms with E-state index in [0.29, 0.717) is 40.7 Å². The molecule has 5 nitrogen and oxygen atoms in total. The maximum Gasteiger partial charge on any atom is 0.147 e. The van der Waals surface area contributed by atoms with Crippen molar-refractivity contribution in [1.82, 2.24) is 4.98 Å². The lowest BCUT2D eigenvalue weighted by Gasteiger charge is -2.18. The van der Waals surface area contributed by atoms with Crippen LogP contribution in [-0.4, -0.2) is 19.1 Å². The van der Waals surface area contributed by atoms with Crippen LogP contribution in [-0.2, 0) is 18.7 Å². The van der Waals surface area contributed by atoms with Gasteiger partial charge in [-0.15, -0.1) is 24.2 Å². The van der Waals surface area contributed by atoms with Crippen molar-refractivity contribution < 1.29 is 0 Å². The average Bonchev–Trinajstić information content (AvgIpc) is 2.64. The molecule has 0 unspecified atom stereocenters. The number of aromatic nitrogens is 1. The van der Waals surface area contributed by atoms with Crippen molar-refractivity contribution in [3.05, 3.63) is 52.1 Å². The topological polar surface area (TPSA) is 89.7 Å². The summed E-state index contributed by atoms with van der Waals surface area (Å²) in [6.07, 6.45) is 0.619. The number of halogens is 1. The van der Waals surface area contributed by atoms with E-state index >= 15 is 0 Å². The molecular weight excluding hydrogens is 366 g/mol. The molecule has 136 valence electrons. The number of thioether (sulfide) groups is 1. The second-order valence-electron chi connectivity index (χ2n) is 5.75. The standard InChI is InChI=1S/C19H21N5S.ClH/c1-4-15-16(10-21)18(24(2)3)23-19(17(15)11-22)25-12-14-7-5-13(9-20)6-8-14;/h5-8H,4,9,12,20H2,1-3H3;1H. The number of hydrogen-bond acceptors (Lipinski definition) is 6. The number of nitrogens with zero attached hydrogens (tertiary/aromatic N) is 4. The van der Waals surface area contributed by atoms with E-state index in [-0.39, 0.29) is 12.4 Å². The Labute approximate surface area is 165 Å². The fraction of sp³-hybridized carbons (Fsp3) is 0.316. The highest BCUT2D eigenvalue weighted by Gasteiger charge is 2.20. The molecule has 0 bridgehead atoms. The number of hydrogen-bond donors (Lipinski definition) is 1. The van der Waals surface area contributed by atoms with Crippen LogP contribution < -0.4 is 10.6 Å². The Morgan fingerprint density at radius 1 is 1.08 bits per heavy atom. The first kappa shape index (κ1) is 21.8. The molecule has 7 heteroatoms. The minimum atomic E-state index is 0. The Morgan fingerprint density at radius 2 is 1.65 bits per heavy atom. The molecule has 2 N–H and O–H groups in total. The first-order valence-corrected chi connectivity index (χ1v) is 8.99. The zero-order valence-electron chi connectivity index (χ0n) is 15.1. The minimum Gasteiger partial charge on any atom is -0.362 e. The summed E-state index contributed by atoms with van der Waals surface area (Å²) in [6, 6.07) is 12.5. The van der Waals surface area contributed by atoms with E-state index in [2.05, 4.69) is 17.1 Å². The highest BCUT2D eigenvalue weighted by molar-refractivity contribution is 7.98. The Bertz CT molecular complexity index is 835. The molecule has 0 saturated heterocycles. The van der Waals surface area contributed by atoms with Gasteiger partial charge < -0.3 is 10.6 Å². The molecule has 0 atom stereocenters. The lowest BCUT2D eigenvalue weighted by Crippen LogP contribution is -2.15. The van der Waals surface area contributed by atoms with E-state index in [9.17, 15) is 10.5 Å². The van der Waals surface area contributed by atoms with E-state index in [4.69, 9.17) is 5.73 Å². The summed E-state index contributed by atoms with van der Waals surface area (Å²) in [5.74, 6) is 1.31. The van der Waals surface area contributed by atoms with Crippen LogP contribution in [0.1, 0.15) is 34.7 Å². The SMILES string of the molecule is CCc1c(C#N)c(SCc2ccc(CN)cc2)nc(N(C)C)c1C#N.Cl. The van der Waals surface area contributed by atoms with Crippen molar-refractivity contribution in [2.75, 3.05) is 19.0 Å². The molecule has 0 spiro atoms. The number of pyridine rings is 1. The fourth-order valence-corrected chi connectivity index (χ4v) is 3.49. The number of nitriles is 2. The largest absolute Gasteiger partial charge is 0.362 e. The molecule has 0 fully saturated rings. The molecule has 0 amide bonds. The predicted octanol–water partition coefficient (Wildman–Crippen LogP) is 3.63. The third kappa shape index (κ3) is 4.68. The quantitative estimate of drug-likeness (QED) is 0.761. The van der Waals surface area contributed by atoms with Crippen LogP contribution in [0.5, 0.6) is 0 Å². The van der Waals surface area contributed by atoms with Gasteiger partial charge in [0.1, 0.15) is 23.0 Å². The number of nitrogens with two attached hydrogens (primary N) is 1. The van der Waals surface area contributed by atoms with Gasteiger partial charge in [0.2, 0.25) is 0 Å². The molecule has 0 radical (unpaired) electrons. The molecular formula is C19H22ClN5S. The third-order valence-corrected chi connectivity index (χ3v) is 4.93. The van der Waals surface area contributed by atoms with Gasteiger partial charge in [-0.3, -0.25) is 0 Å². The second-order valence-corrected chi connectivity index (χ2v) is 6.71. The number of anilines is 1. The van der Waals surface area contributed by atoms with Crippen molar-refractivity contribution in [1.29, 1.82) is 10.5 Å². The van der Waals surface area contributed by atoms with Crippen LogP contribution >= 0.6 is 24.2 Å². The van der Waals surface area contributed by atoms with E-state index in [1.165, 1.54) is 11.8 Å². The van der Waals surface area contributed by atoms with Gasteiger partial charge in [-0.2, -0.15) is 10.5 Å². The van der Waals surface area contributed by atoms with Crippen molar-refractivity contribution in [2.45, 2.75) is 30.7 Å². The van der Waals surface area contributed by atoms with Crippen LogP contribution in [0, 0.1) is 22.7 Å². The summed E-state index contributed by atoms with van der Waals surface area (Å²) < 4.78 is 0. The third-order valence-electron chi connectivity index (χ3n) is 3.88. The monoisotopic (exact) mass is 387 g/mol. The summed E-state index contributed by atoms with van der Waals surface area (Å²) in [5.41, 5.74) is 9.62. The molecule has 1 heterocycles. The molecule has 0 saturated carbocycles. The van der Waals surface area contributed by atoms with Gasteiger partial charge in [-0.25, -0.2) is 4.98 Å². The summed E-state index contributed by atoms with van der Waals surface area (Å²) in [5, 5.41) is 19.8. The molecule has 2 aromatic rings. The zero-order chi connectivity index (χ0) is 18.4. The molecule has 0 aliphatic carbocycles. The summed E-state index contributed by atoms with van der Waals surface area (Å²) in [7, 11) is 3.71. The van der Waals surface area contributed by atoms with Crippen LogP contribution in [0.4, 0.5) is 5.82 Å². The highest BCUT2D eigenvalue weighted by atomic mass is 35.5. The smallest absolute Gasteiger partial charge is 0.147 e. The number of rotatable bonds is 6. The minimum absolute atomic E-state index is 0. The van der Waals surface area contributed by atoms with E-state index in [1.54, 1.807) is 0 Å². The molecule has 0 aliphatic rings. The second kappa shape index (κ2) is 10.0. The van der Waals surface area contributed by atoms with Gasteiger partial charge in [0.15, 0.2) is 0 Å². The highest BCUT2D eigenvalue weighted by Crippen LogP contribution is 2.32. The molecule has 2 rings (SSSR count). The van der Waals surface area contributed by atoms with Gasteiger partial charge in [-0.1, -0.05) is 31.2 Å². The van der Waals surface area contributed by atoms with Crippen LogP contribution in [0.25, 0.3) is 0 Å². The lowest BCUT2D eigenvalue weighted by atomic mass is 10.0. The summed E-state index contributed by atoms with van der Waals surface area (Å²) in [6.45, 7) is 2.48. The Kier molecular flexibility index (Phi) is 8.41. The first-order valence-electron chi connectivity index (χ1n) is 8.00. The van der Waals surface area contributed by atoms with Crippen LogP contribution in [0.3, 0.4) is 0 Å². The maximum absolute atomic E-state index is 9.61. The fourth-order valence-electron chi connectivity index (χ4n) is 2.53. The first-order chi connectivity index (χ1) is 12.0. The van der Waals surface area contributed by atoms with E-state index in [1.807, 2.05) is 50.2 Å². The van der Waals surface area contributed by atoms with E-state index < -0.39 is 0 Å². The Hall–Kier alpha value is -2.25. The average molecular weight is 388 g/mol. The zero-order valence-corrected chi connectivity index (χ0v) is 16.7. The van der Waals surface area contributed by atoms with Gasteiger partial charge >= 0.3 is 0 Å². The maximum atomic E-state index is 9.61. The van der Waals surface area contributed by atoms with Gasteiger partial charge in [-0.05, 0) is 23.1 Å². The van der Waals surface area contributed by atoms with Gasteiger partial charge in [0.05, 0.1) is 11.1 Å². The molecule has 0 aliphatic heterocycles. The molecule has 1 aromatic heterocycles. The molecule has 26 heavy (non-hydrogen) atoms. The van der Waals surface area contributed by atoms with Crippen LogP contribution in [0.2, 0.25) is 0 Å². The van der Waals surface area contributed by atoms with Crippen molar-refractivity contribution >= 4 is 30.0 Å². The van der Waals surface area contributed by atoms with Crippen molar-refractivity contribution in [2.24, 2.45) is 5.73 Å². The van der Waals surface area contributed by atoms with Gasteiger partial charge in [0.25, 0.3) is 0 Å². The Balaban J connectivity index is 0.00000338. The molecule has 1 aromatic carbocycles. The summed E-state index contributed by atoms with van der Waals surface area (Å²) in [4.78, 5) is 6.41.